The quantitative estimate of drug-likeness (QED) is 0.777. The van der Waals surface area contributed by atoms with Crippen LogP contribution in [0.25, 0.3) is 0 Å². The van der Waals surface area contributed by atoms with E-state index in [1.54, 1.807) is 4.72 Å². The highest BCUT2D eigenvalue weighted by Gasteiger charge is 2.17. The molecular formula is C7H6Cl2N2O4S. The average Bonchev–Trinajstić information content (AvgIpc) is 2.07. The van der Waals surface area contributed by atoms with Gasteiger partial charge in [0.05, 0.1) is 16.3 Å². The molecule has 0 heterocycles. The van der Waals surface area contributed by atoms with Gasteiger partial charge in [0.15, 0.2) is 0 Å². The SMILES string of the molecule is NS(=O)(=O)Nc1c(Cl)cc(Cl)cc1C(=O)O. The Labute approximate surface area is 101 Å². The van der Waals surface area contributed by atoms with E-state index >= 15 is 0 Å². The third-order valence-electron chi connectivity index (χ3n) is 1.53. The van der Waals surface area contributed by atoms with E-state index in [-0.39, 0.29) is 21.3 Å². The highest BCUT2D eigenvalue weighted by Crippen LogP contribution is 2.30. The number of carboxylic acid groups (broad SMARTS) is 1. The molecule has 4 N–H and O–H groups in total. The summed E-state index contributed by atoms with van der Waals surface area (Å²) >= 11 is 11.2. The second-order valence-corrected chi connectivity index (χ2v) is 4.90. The van der Waals surface area contributed by atoms with Crippen molar-refractivity contribution in [3.63, 3.8) is 0 Å². The van der Waals surface area contributed by atoms with Gasteiger partial charge in [-0.1, -0.05) is 23.2 Å². The molecule has 6 nitrogen and oxygen atoms in total. The molecule has 88 valence electrons. The molecule has 0 aromatic heterocycles. The largest absolute Gasteiger partial charge is 0.478 e. The van der Waals surface area contributed by atoms with E-state index in [1.807, 2.05) is 0 Å². The zero-order valence-electron chi connectivity index (χ0n) is 7.57. The van der Waals surface area contributed by atoms with Crippen LogP contribution in [0.3, 0.4) is 0 Å². The van der Waals surface area contributed by atoms with Gasteiger partial charge in [-0.05, 0) is 12.1 Å². The van der Waals surface area contributed by atoms with Crippen molar-refractivity contribution in [1.82, 2.24) is 0 Å². The second-order valence-electron chi connectivity index (χ2n) is 2.76. The third kappa shape index (κ3) is 3.24. The molecule has 1 aromatic carbocycles. The summed E-state index contributed by atoms with van der Waals surface area (Å²) < 4.78 is 23.4. The minimum absolute atomic E-state index is 0.0716. The highest BCUT2D eigenvalue weighted by molar-refractivity contribution is 7.90. The predicted molar refractivity (Wildman–Crippen MR) is 60.2 cm³/mol. The van der Waals surface area contributed by atoms with Crippen LogP contribution in [-0.4, -0.2) is 19.5 Å². The number of halogens is 2. The molecule has 0 amide bonds. The zero-order chi connectivity index (χ0) is 12.5. The van der Waals surface area contributed by atoms with Crippen LogP contribution in [-0.2, 0) is 10.2 Å². The van der Waals surface area contributed by atoms with Crippen LogP contribution in [0.2, 0.25) is 10.0 Å². The first-order valence-electron chi connectivity index (χ1n) is 3.73. The smallest absolute Gasteiger partial charge is 0.337 e. The number of nitrogens with two attached hydrogens (primary N) is 1. The van der Waals surface area contributed by atoms with Crippen molar-refractivity contribution in [2.75, 3.05) is 4.72 Å². The summed E-state index contributed by atoms with van der Waals surface area (Å²) in [5.74, 6) is -1.38. The average molecular weight is 285 g/mol. The molecule has 0 radical (unpaired) electrons. The van der Waals surface area contributed by atoms with E-state index in [1.165, 1.54) is 6.07 Å². The zero-order valence-corrected chi connectivity index (χ0v) is 9.90. The van der Waals surface area contributed by atoms with Crippen molar-refractivity contribution in [2.45, 2.75) is 0 Å². The number of hydrogen-bond acceptors (Lipinski definition) is 3. The van der Waals surface area contributed by atoms with E-state index in [9.17, 15) is 13.2 Å². The third-order valence-corrected chi connectivity index (χ3v) is 2.53. The summed E-state index contributed by atoms with van der Waals surface area (Å²) in [5.41, 5.74) is -0.701. The summed E-state index contributed by atoms with van der Waals surface area (Å²) in [4.78, 5) is 10.8. The molecule has 0 saturated carbocycles. The van der Waals surface area contributed by atoms with Crippen molar-refractivity contribution in [1.29, 1.82) is 0 Å². The van der Waals surface area contributed by atoms with Crippen molar-refractivity contribution < 1.29 is 18.3 Å². The minimum Gasteiger partial charge on any atom is -0.478 e. The first-order chi connectivity index (χ1) is 7.20. The Balaban J connectivity index is 3.41. The van der Waals surface area contributed by atoms with Crippen molar-refractivity contribution >= 4 is 45.1 Å². The minimum atomic E-state index is -4.11. The molecular weight excluding hydrogens is 279 g/mol. The summed E-state index contributed by atoms with van der Waals surface area (Å²) in [5, 5.41) is 13.5. The normalized spacial score (nSPS) is 11.2. The summed E-state index contributed by atoms with van der Waals surface area (Å²) in [7, 11) is -4.11. The standard InChI is InChI=1S/C7H6Cl2N2O4S/c8-3-1-4(7(12)13)6(5(9)2-3)11-16(10,14)15/h1-2,11H,(H,12,13)(H2,10,14,15). The maximum absolute atomic E-state index is 10.8. The van der Waals surface area contributed by atoms with E-state index in [4.69, 9.17) is 33.4 Å². The van der Waals surface area contributed by atoms with Crippen molar-refractivity contribution in [2.24, 2.45) is 5.14 Å². The molecule has 9 heteroatoms. The van der Waals surface area contributed by atoms with Gasteiger partial charge in [-0.15, -0.1) is 0 Å². The van der Waals surface area contributed by atoms with Gasteiger partial charge in [0.25, 0.3) is 10.2 Å². The topological polar surface area (TPSA) is 109 Å². The van der Waals surface area contributed by atoms with E-state index in [0.29, 0.717) is 0 Å². The van der Waals surface area contributed by atoms with Gasteiger partial charge >= 0.3 is 5.97 Å². The van der Waals surface area contributed by atoms with Crippen molar-refractivity contribution in [3.8, 4) is 0 Å². The molecule has 0 aliphatic rings. The first kappa shape index (κ1) is 13.0. The lowest BCUT2D eigenvalue weighted by molar-refractivity contribution is 0.0698. The number of benzene rings is 1. The van der Waals surface area contributed by atoms with Crippen LogP contribution in [0, 0.1) is 0 Å². The van der Waals surface area contributed by atoms with Crippen LogP contribution in [0.5, 0.6) is 0 Å². The number of nitrogens with one attached hydrogen (secondary N) is 1. The number of aromatic carboxylic acids is 1. The fraction of sp³-hybridized carbons (Fsp3) is 0. The number of rotatable bonds is 3. The molecule has 1 aromatic rings. The van der Waals surface area contributed by atoms with Gasteiger partial charge in [-0.3, -0.25) is 4.72 Å². The van der Waals surface area contributed by atoms with Gasteiger partial charge in [0, 0.05) is 5.02 Å². The van der Waals surface area contributed by atoms with Crippen LogP contribution in [0.15, 0.2) is 12.1 Å². The van der Waals surface area contributed by atoms with Gasteiger partial charge < -0.3 is 5.11 Å². The van der Waals surface area contributed by atoms with Gasteiger partial charge in [-0.25, -0.2) is 9.93 Å². The van der Waals surface area contributed by atoms with E-state index in [0.717, 1.165) is 6.07 Å². The molecule has 0 saturated heterocycles. The lowest BCUT2D eigenvalue weighted by Gasteiger charge is -2.09. The summed E-state index contributed by atoms with van der Waals surface area (Å²) in [6.07, 6.45) is 0. The first-order valence-corrected chi connectivity index (χ1v) is 6.04. The van der Waals surface area contributed by atoms with Crippen LogP contribution in [0.1, 0.15) is 10.4 Å². The Bertz CT molecular complexity index is 544. The molecule has 0 unspecified atom stereocenters. The van der Waals surface area contributed by atoms with Gasteiger partial charge in [-0.2, -0.15) is 8.42 Å². The molecule has 0 atom stereocenters. The maximum Gasteiger partial charge on any atom is 0.337 e. The van der Waals surface area contributed by atoms with Gasteiger partial charge in [0.1, 0.15) is 0 Å². The number of carboxylic acids is 1. The Morgan fingerprint density at radius 2 is 1.94 bits per heavy atom. The summed E-state index contributed by atoms with van der Waals surface area (Å²) in [6.45, 7) is 0. The Morgan fingerprint density at radius 3 is 2.38 bits per heavy atom. The van der Waals surface area contributed by atoms with Crippen LogP contribution >= 0.6 is 23.2 Å². The van der Waals surface area contributed by atoms with E-state index in [2.05, 4.69) is 0 Å². The number of carbonyl (C=O) groups is 1. The lowest BCUT2D eigenvalue weighted by Crippen LogP contribution is -2.23. The summed E-state index contributed by atoms with van der Waals surface area (Å²) in [6, 6.07) is 2.26. The fourth-order valence-corrected chi connectivity index (χ4v) is 2.09. The molecule has 1 rings (SSSR count). The molecule has 0 aliphatic heterocycles. The molecule has 0 spiro atoms. The predicted octanol–water partition coefficient (Wildman–Crippen LogP) is 1.31. The second kappa shape index (κ2) is 4.46. The Morgan fingerprint density at radius 1 is 1.38 bits per heavy atom. The van der Waals surface area contributed by atoms with Crippen molar-refractivity contribution in [3.05, 3.63) is 27.7 Å². The molecule has 0 fully saturated rings. The molecule has 0 aliphatic carbocycles. The highest BCUT2D eigenvalue weighted by atomic mass is 35.5. The van der Waals surface area contributed by atoms with Gasteiger partial charge in [0.2, 0.25) is 0 Å². The van der Waals surface area contributed by atoms with Crippen LogP contribution in [0.4, 0.5) is 5.69 Å². The van der Waals surface area contributed by atoms with E-state index < -0.39 is 16.2 Å². The van der Waals surface area contributed by atoms with Crippen LogP contribution < -0.4 is 9.86 Å². The molecule has 0 bridgehead atoms. The Hall–Kier alpha value is -1.02. The fourth-order valence-electron chi connectivity index (χ4n) is 0.988. The molecule has 16 heavy (non-hydrogen) atoms. The Kier molecular flexibility index (Phi) is 3.64. The number of hydrogen-bond donors (Lipinski definition) is 3. The number of anilines is 1. The maximum atomic E-state index is 10.8. The monoisotopic (exact) mass is 284 g/mol. The lowest BCUT2D eigenvalue weighted by atomic mass is 10.2.